The van der Waals surface area contributed by atoms with E-state index >= 15 is 0 Å². The number of carbonyl (C=O) groups excluding carboxylic acids is 4. The third-order valence-electron chi connectivity index (χ3n) is 10.6. The SMILES string of the molecule is CC(=O)N[C@H](C(=O)N1CCC[C@H]1C1=NC=C(c2ccc(C)cc2)C1)C(C)C.COC(=O)N[C@H](C(=O)N1CCC[C@H]1c1ncc(-c2ccc(C)cc2)[nH]1)C(C)C.Cl.Cl. The molecule has 1 aromatic heterocycles. The van der Waals surface area contributed by atoms with Crippen LogP contribution >= 0.6 is 24.8 Å². The van der Waals surface area contributed by atoms with E-state index in [4.69, 9.17) is 0 Å². The monoisotopic (exact) mass is 823 g/mol. The van der Waals surface area contributed by atoms with E-state index in [0.29, 0.717) is 6.54 Å². The fourth-order valence-electron chi connectivity index (χ4n) is 7.46. The van der Waals surface area contributed by atoms with Crippen molar-refractivity contribution in [2.45, 2.75) is 105 Å². The van der Waals surface area contributed by atoms with Gasteiger partial charge in [-0.3, -0.25) is 19.4 Å². The first-order valence-corrected chi connectivity index (χ1v) is 19.4. The van der Waals surface area contributed by atoms with Gasteiger partial charge in [-0.05, 0) is 68.1 Å². The number of aromatic amines is 1. The van der Waals surface area contributed by atoms with E-state index in [0.717, 1.165) is 61.4 Å². The van der Waals surface area contributed by atoms with Gasteiger partial charge in [-0.25, -0.2) is 9.78 Å². The number of hydrogen-bond acceptors (Lipinski definition) is 7. The molecule has 57 heavy (non-hydrogen) atoms. The number of nitrogens with one attached hydrogen (secondary N) is 3. The second-order valence-electron chi connectivity index (χ2n) is 15.5. The van der Waals surface area contributed by atoms with Crippen molar-refractivity contribution in [1.82, 2.24) is 30.4 Å². The number of amides is 4. The van der Waals surface area contributed by atoms with Gasteiger partial charge in [0.15, 0.2) is 0 Å². The number of aliphatic imine (C=N–C) groups is 1. The first-order valence-electron chi connectivity index (χ1n) is 19.4. The molecule has 0 aliphatic carbocycles. The molecule has 0 unspecified atom stereocenters. The summed E-state index contributed by atoms with van der Waals surface area (Å²) in [6, 6.07) is 15.5. The number of halogens is 2. The number of methoxy groups -OCH3 is 1. The molecular weight excluding hydrogens is 765 g/mol. The summed E-state index contributed by atoms with van der Waals surface area (Å²) in [6.45, 7) is 14.7. The molecular formula is C43H59Cl2N7O5. The van der Waals surface area contributed by atoms with Crippen molar-refractivity contribution in [2.75, 3.05) is 20.2 Å². The van der Waals surface area contributed by atoms with Gasteiger partial charge in [-0.1, -0.05) is 87.4 Å². The molecule has 4 atom stereocenters. The van der Waals surface area contributed by atoms with E-state index in [9.17, 15) is 19.2 Å². The molecule has 3 N–H and O–H groups in total. The molecule has 3 aromatic rings. The largest absolute Gasteiger partial charge is 0.453 e. The topological polar surface area (TPSA) is 149 Å². The highest BCUT2D eigenvalue weighted by molar-refractivity contribution is 6.03. The van der Waals surface area contributed by atoms with Crippen LogP contribution < -0.4 is 10.6 Å². The van der Waals surface area contributed by atoms with E-state index in [-0.39, 0.29) is 66.5 Å². The molecule has 0 radical (unpaired) electrons. The second-order valence-corrected chi connectivity index (χ2v) is 15.5. The fourth-order valence-corrected chi connectivity index (χ4v) is 7.46. The number of aromatic nitrogens is 2. The number of allylic oxidation sites excluding steroid dienone is 1. The Bertz CT molecular complexity index is 1890. The van der Waals surface area contributed by atoms with Gasteiger partial charge in [0, 0.05) is 38.3 Å². The van der Waals surface area contributed by atoms with Crippen LogP contribution in [0.3, 0.4) is 0 Å². The molecule has 14 heteroatoms. The lowest BCUT2D eigenvalue weighted by atomic mass is 9.97. The van der Waals surface area contributed by atoms with Gasteiger partial charge in [-0.15, -0.1) is 24.8 Å². The number of H-pyrrole nitrogens is 1. The predicted octanol–water partition coefficient (Wildman–Crippen LogP) is 7.61. The summed E-state index contributed by atoms with van der Waals surface area (Å²) in [5.41, 5.74) is 7.88. The maximum atomic E-state index is 13.2. The molecule has 3 aliphatic heterocycles. The Labute approximate surface area is 349 Å². The predicted molar refractivity (Wildman–Crippen MR) is 229 cm³/mol. The summed E-state index contributed by atoms with van der Waals surface area (Å²) in [5, 5.41) is 5.49. The Morgan fingerprint density at radius 1 is 0.772 bits per heavy atom. The number of likely N-dealkylation sites (tertiary alicyclic amines) is 2. The van der Waals surface area contributed by atoms with Gasteiger partial charge in [0.25, 0.3) is 0 Å². The summed E-state index contributed by atoms with van der Waals surface area (Å²) in [5.74, 6) is 0.522. The number of aryl methyl sites for hydroxylation is 2. The Balaban J connectivity index is 0.000000295. The van der Waals surface area contributed by atoms with Crippen molar-refractivity contribution in [3.8, 4) is 11.3 Å². The summed E-state index contributed by atoms with van der Waals surface area (Å²) in [4.78, 5) is 65.8. The zero-order valence-electron chi connectivity index (χ0n) is 34.3. The smallest absolute Gasteiger partial charge is 0.407 e. The molecule has 2 aromatic carbocycles. The molecule has 310 valence electrons. The summed E-state index contributed by atoms with van der Waals surface area (Å²) in [7, 11) is 1.30. The number of rotatable bonds is 10. The van der Waals surface area contributed by atoms with E-state index in [1.807, 2.05) is 49.9 Å². The van der Waals surface area contributed by atoms with Crippen LogP contribution in [0.25, 0.3) is 16.8 Å². The molecule has 12 nitrogen and oxygen atoms in total. The highest BCUT2D eigenvalue weighted by atomic mass is 35.5. The Morgan fingerprint density at radius 3 is 1.81 bits per heavy atom. The summed E-state index contributed by atoms with van der Waals surface area (Å²) < 4.78 is 4.68. The normalized spacial score (nSPS) is 18.4. The van der Waals surface area contributed by atoms with Crippen molar-refractivity contribution < 1.29 is 23.9 Å². The highest BCUT2D eigenvalue weighted by Crippen LogP contribution is 2.33. The van der Waals surface area contributed by atoms with Crippen molar-refractivity contribution in [3.05, 3.63) is 83.4 Å². The highest BCUT2D eigenvalue weighted by Gasteiger charge is 2.39. The van der Waals surface area contributed by atoms with E-state index in [1.165, 1.54) is 36.3 Å². The van der Waals surface area contributed by atoms with Gasteiger partial charge < -0.3 is 30.2 Å². The zero-order chi connectivity index (χ0) is 39.8. The Morgan fingerprint density at radius 2 is 1.28 bits per heavy atom. The Kier molecular flexibility index (Phi) is 17.4. The fraction of sp³-hybridized carbons (Fsp3) is 0.488. The number of ether oxygens (including phenoxy) is 1. The molecule has 4 heterocycles. The molecule has 4 amide bonds. The molecule has 2 fully saturated rings. The standard InChI is InChI=1S/C22H29N3O2.C21H28N4O3.2ClH/c1-14(2)21(24-16(4)26)22(27)25-11-5-6-20(25)19-12-18(13-23-19)17-9-7-15(3)8-10-17;1-13(2)18(24-21(27)28-4)20(26)25-11-5-6-17(25)19-22-12-16(23-19)15-9-7-14(3)8-10-15;;/h7-10,13-14,20-21H,5-6,11-12H2,1-4H3,(H,24,26);7-10,12-13,17-18H,5-6,11H2,1-4H3,(H,22,23)(H,24,27);2*1H/t20-,21-;17-,18-;;/m00../s1. The molecule has 0 spiro atoms. The first kappa shape index (κ1) is 46.7. The van der Waals surface area contributed by atoms with E-state index in [1.54, 1.807) is 0 Å². The van der Waals surface area contributed by atoms with Crippen LogP contribution in [0.5, 0.6) is 0 Å². The van der Waals surface area contributed by atoms with Gasteiger partial charge in [0.1, 0.15) is 17.9 Å². The van der Waals surface area contributed by atoms with Gasteiger partial charge in [-0.2, -0.15) is 0 Å². The average molecular weight is 825 g/mol. The van der Waals surface area contributed by atoms with Crippen LogP contribution in [0.1, 0.15) is 95.3 Å². The zero-order valence-corrected chi connectivity index (χ0v) is 36.0. The maximum absolute atomic E-state index is 13.2. The van der Waals surface area contributed by atoms with Crippen molar-refractivity contribution in [2.24, 2.45) is 16.8 Å². The molecule has 2 saturated heterocycles. The van der Waals surface area contributed by atoms with Crippen LogP contribution in [0.2, 0.25) is 0 Å². The number of hydrogen-bond donors (Lipinski definition) is 3. The lowest BCUT2D eigenvalue weighted by Crippen LogP contribution is -2.53. The van der Waals surface area contributed by atoms with Gasteiger partial charge >= 0.3 is 6.09 Å². The van der Waals surface area contributed by atoms with Gasteiger partial charge in [0.05, 0.1) is 31.1 Å². The number of benzene rings is 2. The average Bonchev–Trinajstić information content (AvgIpc) is 3.99. The van der Waals surface area contributed by atoms with Crippen molar-refractivity contribution in [1.29, 1.82) is 0 Å². The van der Waals surface area contributed by atoms with Crippen LogP contribution in [0.4, 0.5) is 4.79 Å². The third kappa shape index (κ3) is 11.7. The maximum Gasteiger partial charge on any atom is 0.407 e. The van der Waals surface area contributed by atoms with Crippen molar-refractivity contribution in [3.63, 3.8) is 0 Å². The first-order chi connectivity index (χ1) is 26.3. The minimum absolute atomic E-state index is 0. The quantitative estimate of drug-likeness (QED) is 0.192. The van der Waals surface area contributed by atoms with E-state index in [2.05, 4.69) is 92.7 Å². The van der Waals surface area contributed by atoms with Crippen molar-refractivity contribution >= 4 is 59.9 Å². The minimum Gasteiger partial charge on any atom is -0.453 e. The van der Waals surface area contributed by atoms with Crippen LogP contribution in [0.15, 0.2) is 65.9 Å². The minimum atomic E-state index is -0.625. The second kappa shape index (κ2) is 21.2. The summed E-state index contributed by atoms with van der Waals surface area (Å²) in [6.07, 6.45) is 7.59. The molecule has 3 aliphatic rings. The lowest BCUT2D eigenvalue weighted by Gasteiger charge is -2.31. The van der Waals surface area contributed by atoms with Gasteiger partial charge in [0.2, 0.25) is 17.7 Å². The number of carbonyl (C=O) groups is 4. The third-order valence-corrected chi connectivity index (χ3v) is 10.6. The summed E-state index contributed by atoms with van der Waals surface area (Å²) >= 11 is 0. The lowest BCUT2D eigenvalue weighted by molar-refractivity contribution is -0.137. The van der Waals surface area contributed by atoms with Crippen LogP contribution in [-0.4, -0.2) is 87.6 Å². The number of alkyl carbamates (subject to hydrolysis) is 1. The van der Waals surface area contributed by atoms with Crippen LogP contribution in [0, 0.1) is 25.7 Å². The molecule has 0 bridgehead atoms. The van der Waals surface area contributed by atoms with Crippen LogP contribution in [-0.2, 0) is 19.1 Å². The molecule has 6 rings (SSSR count). The number of nitrogens with zero attached hydrogens (tertiary/aromatic N) is 4. The Hall–Kier alpha value is -4.68. The van der Waals surface area contributed by atoms with E-state index < -0.39 is 18.2 Å². The number of imidazole rings is 1. The molecule has 0 saturated carbocycles.